The van der Waals surface area contributed by atoms with Crippen molar-refractivity contribution in [3.05, 3.63) is 88.1 Å². The molecular weight excluding hydrogens is 303 g/mol. The first-order chi connectivity index (χ1) is 11.7. The third-order valence-electron chi connectivity index (χ3n) is 4.25. The molecule has 0 bridgehead atoms. The Kier molecular flexibility index (Phi) is 3.58. The van der Waals surface area contributed by atoms with Crippen LogP contribution < -0.4 is 5.56 Å². The van der Waals surface area contributed by atoms with Crippen molar-refractivity contribution in [2.75, 3.05) is 0 Å². The van der Waals surface area contributed by atoms with Crippen LogP contribution in [0.15, 0.2) is 65.6 Å². The number of hydrogen-bond acceptors (Lipinski definition) is 2. The molecule has 0 aliphatic heterocycles. The van der Waals surface area contributed by atoms with Crippen molar-refractivity contribution in [1.82, 2.24) is 9.97 Å². The maximum Gasteiger partial charge on any atom is 0.257 e. The highest BCUT2D eigenvalue weighted by Gasteiger charge is 2.07. The second kappa shape index (κ2) is 5.89. The lowest BCUT2D eigenvalue weighted by atomic mass is 10.0. The maximum absolute atomic E-state index is 13.0. The van der Waals surface area contributed by atoms with Crippen molar-refractivity contribution < 1.29 is 4.39 Å². The van der Waals surface area contributed by atoms with E-state index >= 15 is 0 Å². The second-order valence-corrected chi connectivity index (χ2v) is 5.87. The van der Waals surface area contributed by atoms with Gasteiger partial charge in [-0.15, -0.1) is 0 Å². The number of halogens is 1. The highest BCUT2D eigenvalue weighted by atomic mass is 19.1. The van der Waals surface area contributed by atoms with Crippen LogP contribution in [0.4, 0.5) is 4.39 Å². The molecule has 24 heavy (non-hydrogen) atoms. The van der Waals surface area contributed by atoms with Crippen LogP contribution in [0, 0.1) is 5.82 Å². The number of H-pyrrole nitrogens is 1. The van der Waals surface area contributed by atoms with E-state index < -0.39 is 0 Å². The molecule has 2 aromatic heterocycles. The van der Waals surface area contributed by atoms with Crippen molar-refractivity contribution in [3.8, 4) is 0 Å². The first-order valence-corrected chi connectivity index (χ1v) is 7.85. The molecule has 0 aliphatic carbocycles. The average molecular weight is 318 g/mol. The van der Waals surface area contributed by atoms with Crippen molar-refractivity contribution in [2.24, 2.45) is 0 Å². The molecule has 118 valence electrons. The molecular formula is C20H15FN2O. The number of aromatic amines is 1. The fourth-order valence-corrected chi connectivity index (χ4v) is 2.98. The van der Waals surface area contributed by atoms with Gasteiger partial charge in [-0.25, -0.2) is 9.37 Å². The predicted molar refractivity (Wildman–Crippen MR) is 93.7 cm³/mol. The standard InChI is InChI=1S/C20H15FN2O/c21-15-9-7-13(8-10-15)5-6-14-11-18-16-3-1-2-4-17(16)20(24)23-19(18)22-12-14/h1-4,7-12H,5-6H2,(H,22,23,24). The van der Waals surface area contributed by atoms with Gasteiger partial charge < -0.3 is 4.98 Å². The van der Waals surface area contributed by atoms with E-state index in [1.165, 1.54) is 12.1 Å². The van der Waals surface area contributed by atoms with Crippen LogP contribution in [0.3, 0.4) is 0 Å². The molecule has 2 heterocycles. The van der Waals surface area contributed by atoms with Crippen LogP contribution in [0.25, 0.3) is 21.8 Å². The highest BCUT2D eigenvalue weighted by Crippen LogP contribution is 2.21. The van der Waals surface area contributed by atoms with Gasteiger partial charge in [0, 0.05) is 17.0 Å². The SMILES string of the molecule is O=c1[nH]c2ncc(CCc3ccc(F)cc3)cc2c2ccccc12. The van der Waals surface area contributed by atoms with E-state index in [1.807, 2.05) is 24.3 Å². The number of hydrogen-bond donors (Lipinski definition) is 1. The fourth-order valence-electron chi connectivity index (χ4n) is 2.98. The zero-order chi connectivity index (χ0) is 16.5. The first-order valence-electron chi connectivity index (χ1n) is 7.85. The van der Waals surface area contributed by atoms with Crippen LogP contribution in [0.1, 0.15) is 11.1 Å². The summed E-state index contributed by atoms with van der Waals surface area (Å²) in [5.74, 6) is -0.221. The summed E-state index contributed by atoms with van der Waals surface area (Å²) >= 11 is 0. The summed E-state index contributed by atoms with van der Waals surface area (Å²) < 4.78 is 13.0. The van der Waals surface area contributed by atoms with Gasteiger partial charge in [-0.3, -0.25) is 4.79 Å². The Hall–Kier alpha value is -3.01. The molecule has 0 fully saturated rings. The number of fused-ring (bicyclic) bond motifs is 3. The Labute approximate surface area is 137 Å². The molecule has 0 radical (unpaired) electrons. The number of nitrogens with one attached hydrogen (secondary N) is 1. The number of benzene rings is 2. The lowest BCUT2D eigenvalue weighted by Crippen LogP contribution is -2.07. The van der Waals surface area contributed by atoms with E-state index in [0.29, 0.717) is 11.0 Å². The topological polar surface area (TPSA) is 45.8 Å². The molecule has 2 aromatic carbocycles. The van der Waals surface area contributed by atoms with Gasteiger partial charge in [0.2, 0.25) is 0 Å². The largest absolute Gasteiger partial charge is 0.306 e. The smallest absolute Gasteiger partial charge is 0.257 e. The molecule has 0 atom stereocenters. The molecule has 4 rings (SSSR count). The quantitative estimate of drug-likeness (QED) is 0.580. The third-order valence-corrected chi connectivity index (χ3v) is 4.25. The number of nitrogens with zero attached hydrogens (tertiary/aromatic N) is 1. The van der Waals surface area contributed by atoms with Crippen molar-refractivity contribution in [1.29, 1.82) is 0 Å². The molecule has 0 spiro atoms. The lowest BCUT2D eigenvalue weighted by molar-refractivity contribution is 0.627. The summed E-state index contributed by atoms with van der Waals surface area (Å²) in [5, 5.41) is 2.52. The minimum absolute atomic E-state index is 0.121. The van der Waals surface area contributed by atoms with E-state index in [9.17, 15) is 9.18 Å². The second-order valence-electron chi connectivity index (χ2n) is 5.87. The summed E-state index contributed by atoms with van der Waals surface area (Å²) in [5.41, 5.74) is 2.65. The summed E-state index contributed by atoms with van der Waals surface area (Å²) in [7, 11) is 0. The van der Waals surface area contributed by atoms with Gasteiger partial charge in [0.25, 0.3) is 5.56 Å². The number of pyridine rings is 2. The molecule has 0 aliphatic rings. The minimum atomic E-state index is -0.221. The summed E-state index contributed by atoms with van der Waals surface area (Å²) in [6, 6.07) is 16.2. The van der Waals surface area contributed by atoms with E-state index in [2.05, 4.69) is 16.0 Å². The van der Waals surface area contributed by atoms with Crippen LogP contribution in [-0.4, -0.2) is 9.97 Å². The summed E-state index contributed by atoms with van der Waals surface area (Å²) in [6.07, 6.45) is 3.41. The fraction of sp³-hybridized carbons (Fsp3) is 0.100. The average Bonchev–Trinajstić information content (AvgIpc) is 2.62. The van der Waals surface area contributed by atoms with Crippen molar-refractivity contribution in [3.63, 3.8) is 0 Å². The number of aromatic nitrogens is 2. The van der Waals surface area contributed by atoms with E-state index in [1.54, 1.807) is 18.3 Å². The maximum atomic E-state index is 13.0. The minimum Gasteiger partial charge on any atom is -0.306 e. The Morgan fingerprint density at radius 2 is 1.58 bits per heavy atom. The number of aryl methyl sites for hydroxylation is 2. The van der Waals surface area contributed by atoms with E-state index in [4.69, 9.17) is 0 Å². The molecule has 0 amide bonds. The van der Waals surface area contributed by atoms with Gasteiger partial charge in [-0.05, 0) is 53.6 Å². The molecule has 4 heteroatoms. The molecule has 3 nitrogen and oxygen atoms in total. The van der Waals surface area contributed by atoms with Crippen molar-refractivity contribution in [2.45, 2.75) is 12.8 Å². The van der Waals surface area contributed by atoms with E-state index in [0.717, 1.165) is 34.7 Å². The Balaban J connectivity index is 1.72. The van der Waals surface area contributed by atoms with Gasteiger partial charge in [0.15, 0.2) is 0 Å². The normalized spacial score (nSPS) is 11.2. The monoisotopic (exact) mass is 318 g/mol. The highest BCUT2D eigenvalue weighted by molar-refractivity contribution is 6.04. The zero-order valence-electron chi connectivity index (χ0n) is 12.9. The van der Waals surface area contributed by atoms with Gasteiger partial charge in [-0.1, -0.05) is 30.3 Å². The molecule has 1 N–H and O–H groups in total. The van der Waals surface area contributed by atoms with Gasteiger partial charge in [0.1, 0.15) is 11.5 Å². The van der Waals surface area contributed by atoms with Crippen LogP contribution in [0.2, 0.25) is 0 Å². The van der Waals surface area contributed by atoms with Crippen LogP contribution in [0.5, 0.6) is 0 Å². The van der Waals surface area contributed by atoms with Gasteiger partial charge in [-0.2, -0.15) is 0 Å². The van der Waals surface area contributed by atoms with Crippen LogP contribution in [-0.2, 0) is 12.8 Å². The Morgan fingerprint density at radius 1 is 0.875 bits per heavy atom. The molecule has 0 saturated carbocycles. The molecule has 4 aromatic rings. The lowest BCUT2D eigenvalue weighted by Gasteiger charge is -2.06. The summed E-state index contributed by atoms with van der Waals surface area (Å²) in [6.45, 7) is 0. The van der Waals surface area contributed by atoms with Gasteiger partial charge >= 0.3 is 0 Å². The molecule has 0 unspecified atom stereocenters. The summed E-state index contributed by atoms with van der Waals surface area (Å²) in [4.78, 5) is 19.3. The number of rotatable bonds is 3. The Bertz CT molecular complexity index is 1080. The third kappa shape index (κ3) is 2.67. The Morgan fingerprint density at radius 3 is 2.38 bits per heavy atom. The molecule has 0 saturated heterocycles. The van der Waals surface area contributed by atoms with Gasteiger partial charge in [0.05, 0.1) is 0 Å². The van der Waals surface area contributed by atoms with E-state index in [-0.39, 0.29) is 11.4 Å². The zero-order valence-corrected chi connectivity index (χ0v) is 12.9. The first kappa shape index (κ1) is 14.6. The van der Waals surface area contributed by atoms with Crippen LogP contribution >= 0.6 is 0 Å². The van der Waals surface area contributed by atoms with Crippen molar-refractivity contribution >= 4 is 21.8 Å². The predicted octanol–water partition coefficient (Wildman–Crippen LogP) is 4.00.